The van der Waals surface area contributed by atoms with Gasteiger partial charge >= 0.3 is 0 Å². The van der Waals surface area contributed by atoms with Crippen LogP contribution in [-0.4, -0.2) is 20.6 Å². The van der Waals surface area contributed by atoms with Crippen molar-refractivity contribution in [2.75, 3.05) is 5.32 Å². The summed E-state index contributed by atoms with van der Waals surface area (Å²) in [4.78, 5) is 4.78. The molecule has 1 aromatic carbocycles. The molecule has 26 heavy (non-hydrogen) atoms. The molecule has 0 unspecified atom stereocenters. The zero-order chi connectivity index (χ0) is 17.9. The average molecular weight is 412 g/mol. The summed E-state index contributed by atoms with van der Waals surface area (Å²) in [7, 11) is 0. The van der Waals surface area contributed by atoms with Gasteiger partial charge in [-0.3, -0.25) is 5.10 Å². The number of benzene rings is 1. The van der Waals surface area contributed by atoms with Gasteiger partial charge in [-0.15, -0.1) is 0 Å². The Bertz CT molecular complexity index is 924. The van der Waals surface area contributed by atoms with Gasteiger partial charge < -0.3 is 5.32 Å². The Morgan fingerprint density at radius 2 is 1.81 bits per heavy atom. The van der Waals surface area contributed by atoms with Crippen LogP contribution in [0.3, 0.4) is 0 Å². The predicted octanol–water partition coefficient (Wildman–Crippen LogP) is 5.49. The first kappa shape index (κ1) is 17.2. The molecule has 1 aliphatic carbocycles. The van der Waals surface area contributed by atoms with Crippen molar-refractivity contribution in [3.63, 3.8) is 0 Å². The number of aromatic nitrogens is 3. The van der Waals surface area contributed by atoms with E-state index in [1.807, 2.05) is 16.6 Å². The molecule has 6 heteroatoms. The molecule has 4 rings (SSSR count). The maximum Gasteiger partial charge on any atom is 0.173 e. The molecule has 0 saturated heterocycles. The van der Waals surface area contributed by atoms with Crippen molar-refractivity contribution in [1.82, 2.24) is 14.6 Å². The second-order valence-corrected chi connectivity index (χ2v) is 7.88. The normalized spacial score (nSPS) is 16.2. The van der Waals surface area contributed by atoms with E-state index in [0.29, 0.717) is 17.3 Å². The topological polar surface area (TPSA) is 68.9 Å². The molecule has 134 valence electrons. The van der Waals surface area contributed by atoms with E-state index in [-0.39, 0.29) is 0 Å². The van der Waals surface area contributed by atoms with Gasteiger partial charge in [0.2, 0.25) is 0 Å². The van der Waals surface area contributed by atoms with Crippen LogP contribution in [0.15, 0.2) is 34.9 Å². The number of nitrogens with one attached hydrogen (secondary N) is 2. The van der Waals surface area contributed by atoms with Crippen molar-refractivity contribution in [3.05, 3.63) is 40.5 Å². The minimum atomic E-state index is 0.443. The summed E-state index contributed by atoms with van der Waals surface area (Å²) >= 11 is 3.49. The lowest BCUT2D eigenvalue weighted by Crippen LogP contribution is -2.22. The van der Waals surface area contributed by atoms with Crippen molar-refractivity contribution >= 4 is 27.4 Å². The van der Waals surface area contributed by atoms with E-state index < -0.39 is 0 Å². The zero-order valence-corrected chi connectivity index (χ0v) is 16.2. The van der Waals surface area contributed by atoms with Crippen LogP contribution in [0, 0.1) is 11.3 Å². The van der Waals surface area contributed by atoms with Crippen LogP contribution < -0.4 is 5.32 Å². The van der Waals surface area contributed by atoms with Gasteiger partial charge in [-0.05, 0) is 25.0 Å². The Hall–Kier alpha value is -2.26. The van der Waals surface area contributed by atoms with Crippen LogP contribution in [0.25, 0.3) is 16.9 Å². The number of anilines is 1. The van der Waals surface area contributed by atoms with Gasteiger partial charge in [-0.2, -0.15) is 5.26 Å². The predicted molar refractivity (Wildman–Crippen MR) is 107 cm³/mol. The third-order valence-electron chi connectivity index (χ3n) is 5.14. The molecule has 2 N–H and O–H groups in total. The van der Waals surface area contributed by atoms with Gasteiger partial charge in [0.15, 0.2) is 11.5 Å². The van der Waals surface area contributed by atoms with E-state index in [4.69, 9.17) is 4.98 Å². The molecule has 3 aromatic rings. The van der Waals surface area contributed by atoms with E-state index in [0.717, 1.165) is 21.5 Å². The monoisotopic (exact) mass is 411 g/mol. The lowest BCUT2D eigenvalue weighted by atomic mass is 9.96. The summed E-state index contributed by atoms with van der Waals surface area (Å²) < 4.78 is 2.95. The number of halogens is 1. The Kier molecular flexibility index (Phi) is 4.98. The van der Waals surface area contributed by atoms with Crippen molar-refractivity contribution in [2.24, 2.45) is 0 Å². The van der Waals surface area contributed by atoms with Crippen LogP contribution in [-0.2, 0) is 0 Å². The van der Waals surface area contributed by atoms with Crippen LogP contribution in [0.4, 0.5) is 5.82 Å². The van der Waals surface area contributed by atoms with E-state index in [1.165, 1.54) is 44.9 Å². The minimum Gasteiger partial charge on any atom is -0.365 e. The van der Waals surface area contributed by atoms with E-state index >= 15 is 0 Å². The van der Waals surface area contributed by atoms with Gasteiger partial charge in [-0.1, -0.05) is 60.2 Å². The largest absolute Gasteiger partial charge is 0.365 e. The molecule has 0 spiro atoms. The second kappa shape index (κ2) is 7.55. The van der Waals surface area contributed by atoms with Gasteiger partial charge in [0.05, 0.1) is 0 Å². The van der Waals surface area contributed by atoms with Crippen molar-refractivity contribution < 1.29 is 0 Å². The number of H-pyrrole nitrogens is 1. The Labute approximate surface area is 161 Å². The Balaban J connectivity index is 1.75. The minimum absolute atomic E-state index is 0.443. The highest BCUT2D eigenvalue weighted by molar-refractivity contribution is 9.10. The van der Waals surface area contributed by atoms with Crippen LogP contribution in [0.5, 0.6) is 0 Å². The third-order valence-corrected chi connectivity index (χ3v) is 5.67. The van der Waals surface area contributed by atoms with E-state index in [9.17, 15) is 5.26 Å². The summed E-state index contributed by atoms with van der Waals surface area (Å²) in [6, 6.07) is 10.8. The molecule has 0 atom stereocenters. The molecule has 2 heterocycles. The molecule has 0 radical (unpaired) electrons. The maximum atomic E-state index is 9.37. The quantitative estimate of drug-likeness (QED) is 0.598. The van der Waals surface area contributed by atoms with Gasteiger partial charge in [0.1, 0.15) is 17.3 Å². The molecule has 2 aromatic heterocycles. The first-order valence-corrected chi connectivity index (χ1v) is 10.1. The van der Waals surface area contributed by atoms with Crippen molar-refractivity contribution in [2.45, 2.75) is 51.0 Å². The highest BCUT2D eigenvalue weighted by Crippen LogP contribution is 2.32. The number of hydrogen-bond acceptors (Lipinski definition) is 3. The van der Waals surface area contributed by atoms with Crippen molar-refractivity contribution in [3.8, 4) is 17.3 Å². The molecule has 0 aliphatic heterocycles. The summed E-state index contributed by atoms with van der Waals surface area (Å²) in [5.74, 6) is 0.953. The maximum absolute atomic E-state index is 9.37. The van der Waals surface area contributed by atoms with Gasteiger partial charge in [0.25, 0.3) is 0 Å². The van der Waals surface area contributed by atoms with Gasteiger partial charge in [0, 0.05) is 22.3 Å². The molecular formula is C20H22BrN5. The summed E-state index contributed by atoms with van der Waals surface area (Å²) in [6.07, 6.45) is 10.6. The molecule has 0 bridgehead atoms. The molecule has 1 aliphatic rings. The van der Waals surface area contributed by atoms with Crippen LogP contribution in [0.2, 0.25) is 0 Å². The summed E-state index contributed by atoms with van der Waals surface area (Å²) in [5, 5.41) is 16.3. The molecule has 1 fully saturated rings. The number of hydrogen-bond donors (Lipinski definition) is 2. The number of rotatable bonds is 3. The smallest absolute Gasteiger partial charge is 0.173 e. The van der Waals surface area contributed by atoms with Crippen LogP contribution >= 0.6 is 15.9 Å². The Morgan fingerprint density at radius 1 is 1.12 bits per heavy atom. The number of nitriles is 1. The van der Waals surface area contributed by atoms with E-state index in [1.54, 1.807) is 6.20 Å². The lowest BCUT2D eigenvalue weighted by molar-refractivity contribution is 0.470. The fourth-order valence-electron chi connectivity index (χ4n) is 3.74. The molecule has 1 saturated carbocycles. The van der Waals surface area contributed by atoms with Crippen LogP contribution in [0.1, 0.15) is 50.5 Å². The summed E-state index contributed by atoms with van der Waals surface area (Å²) in [6.45, 7) is 0. The first-order chi connectivity index (χ1) is 12.8. The SMILES string of the molecule is N#Cc1c[nH]n2c(NC3CCCCCCC3)c(-c3ccc(Br)cc3)nc12. The fraction of sp³-hybridized carbons (Fsp3) is 0.400. The highest BCUT2D eigenvalue weighted by Gasteiger charge is 2.21. The first-order valence-electron chi connectivity index (χ1n) is 9.28. The number of imidazole rings is 1. The van der Waals surface area contributed by atoms with E-state index in [2.05, 4.69) is 44.5 Å². The lowest BCUT2D eigenvalue weighted by Gasteiger charge is -2.22. The second-order valence-electron chi connectivity index (χ2n) is 6.96. The molecule has 0 amide bonds. The number of aromatic amines is 1. The molecular weight excluding hydrogens is 390 g/mol. The highest BCUT2D eigenvalue weighted by atomic mass is 79.9. The fourth-order valence-corrected chi connectivity index (χ4v) is 4.00. The standard InChI is InChI=1S/C20H22BrN5/c21-16-10-8-14(9-11-16)18-20(24-17-6-4-2-1-3-5-7-17)26-19(25-18)15(12-22)13-23-26/h8-11,13,17,23-24H,1-7H2. The average Bonchev–Trinajstić information content (AvgIpc) is 3.17. The summed E-state index contributed by atoms with van der Waals surface area (Å²) in [5.41, 5.74) is 3.18. The zero-order valence-electron chi connectivity index (χ0n) is 14.6. The van der Waals surface area contributed by atoms with Crippen molar-refractivity contribution in [1.29, 1.82) is 5.26 Å². The Morgan fingerprint density at radius 3 is 2.50 bits per heavy atom. The third kappa shape index (κ3) is 3.36. The number of nitrogens with zero attached hydrogens (tertiary/aromatic N) is 3. The van der Waals surface area contributed by atoms with Gasteiger partial charge in [-0.25, -0.2) is 9.50 Å². The number of fused-ring (bicyclic) bond motifs is 1. The molecule has 5 nitrogen and oxygen atoms in total.